The number of fused-ring (bicyclic) bond motifs is 2. The van der Waals surface area contributed by atoms with Gasteiger partial charge in [0.1, 0.15) is 0 Å². The summed E-state index contributed by atoms with van der Waals surface area (Å²) in [5, 5.41) is 3.84. The molecule has 21 heavy (non-hydrogen) atoms. The fourth-order valence-corrected chi connectivity index (χ4v) is 5.99. The average molecular weight is 290 g/mol. The molecule has 5 unspecified atom stereocenters. The van der Waals surface area contributed by atoms with E-state index in [1.807, 2.05) is 0 Å². The van der Waals surface area contributed by atoms with Crippen LogP contribution in [0.3, 0.4) is 0 Å². The van der Waals surface area contributed by atoms with E-state index in [2.05, 4.69) is 19.2 Å². The van der Waals surface area contributed by atoms with E-state index in [0.717, 1.165) is 35.6 Å². The maximum absolute atomic E-state index is 3.84. The second-order valence-electron chi connectivity index (χ2n) is 9.78. The van der Waals surface area contributed by atoms with E-state index in [1.165, 1.54) is 38.6 Å². The fraction of sp³-hybridized carbons (Fsp3) is 1.00. The number of hydrogen-bond acceptors (Lipinski definition) is 1. The zero-order valence-electron chi connectivity index (χ0n) is 14.2. The van der Waals surface area contributed by atoms with Gasteiger partial charge in [0.25, 0.3) is 0 Å². The summed E-state index contributed by atoms with van der Waals surface area (Å²) >= 11 is 0. The first kappa shape index (κ1) is 14.5. The molecule has 0 aromatic heterocycles. The predicted molar refractivity (Wildman–Crippen MR) is 89.2 cm³/mol. The standard InChI is InChI=1S/C20H35N/c1-20(2)8-7-16(13-21-19-5-6-19)18(12-20)11-17-10-14-3-4-15(17)9-14/h14-19,21H,3-13H2,1-2H3. The summed E-state index contributed by atoms with van der Waals surface area (Å²) in [5.41, 5.74) is 0.609. The summed E-state index contributed by atoms with van der Waals surface area (Å²) in [6.07, 6.45) is 15.2. The Morgan fingerprint density at radius 1 is 0.905 bits per heavy atom. The van der Waals surface area contributed by atoms with Crippen molar-refractivity contribution in [2.75, 3.05) is 6.54 Å². The Hall–Kier alpha value is -0.0400. The Bertz CT molecular complexity index is 368. The largest absolute Gasteiger partial charge is 0.314 e. The normalized spacial score (nSPS) is 45.1. The molecule has 1 nitrogen and oxygen atoms in total. The molecule has 4 aliphatic carbocycles. The summed E-state index contributed by atoms with van der Waals surface area (Å²) < 4.78 is 0. The lowest BCUT2D eigenvalue weighted by atomic mass is 9.64. The molecular weight excluding hydrogens is 254 g/mol. The van der Waals surface area contributed by atoms with Crippen LogP contribution >= 0.6 is 0 Å². The van der Waals surface area contributed by atoms with E-state index in [0.29, 0.717) is 5.41 Å². The summed E-state index contributed by atoms with van der Waals surface area (Å²) in [6.45, 7) is 6.36. The highest BCUT2D eigenvalue weighted by atomic mass is 14.9. The Morgan fingerprint density at radius 3 is 2.43 bits per heavy atom. The number of hydrogen-bond donors (Lipinski definition) is 1. The zero-order valence-corrected chi connectivity index (χ0v) is 14.2. The molecule has 4 aliphatic rings. The molecule has 0 aromatic rings. The van der Waals surface area contributed by atoms with Crippen molar-refractivity contribution < 1.29 is 0 Å². The molecule has 0 aliphatic heterocycles. The lowest BCUT2D eigenvalue weighted by molar-refractivity contribution is 0.0872. The Labute approximate surface area is 131 Å². The van der Waals surface area contributed by atoms with Crippen LogP contribution in [-0.4, -0.2) is 12.6 Å². The van der Waals surface area contributed by atoms with Gasteiger partial charge in [0, 0.05) is 6.04 Å². The lowest BCUT2D eigenvalue weighted by Crippen LogP contribution is -2.37. The van der Waals surface area contributed by atoms with E-state index >= 15 is 0 Å². The van der Waals surface area contributed by atoms with Crippen LogP contribution in [0.4, 0.5) is 0 Å². The smallest absolute Gasteiger partial charge is 0.00683 e. The first-order chi connectivity index (χ1) is 10.1. The highest BCUT2D eigenvalue weighted by Crippen LogP contribution is 2.53. The van der Waals surface area contributed by atoms with Crippen LogP contribution in [0.2, 0.25) is 0 Å². The third kappa shape index (κ3) is 3.33. The topological polar surface area (TPSA) is 12.0 Å². The molecule has 4 fully saturated rings. The molecule has 0 amide bonds. The minimum Gasteiger partial charge on any atom is -0.314 e. The maximum atomic E-state index is 3.84. The molecule has 5 atom stereocenters. The molecule has 4 saturated carbocycles. The number of nitrogens with one attached hydrogen (secondary N) is 1. The lowest BCUT2D eigenvalue weighted by Gasteiger charge is -2.43. The van der Waals surface area contributed by atoms with Crippen molar-refractivity contribution in [1.82, 2.24) is 5.32 Å². The van der Waals surface area contributed by atoms with Crippen LogP contribution in [-0.2, 0) is 0 Å². The van der Waals surface area contributed by atoms with Crippen LogP contribution in [0.15, 0.2) is 0 Å². The highest BCUT2D eigenvalue weighted by Gasteiger charge is 2.43. The van der Waals surface area contributed by atoms with Gasteiger partial charge in [-0.05, 0) is 99.3 Å². The van der Waals surface area contributed by atoms with Gasteiger partial charge >= 0.3 is 0 Å². The van der Waals surface area contributed by atoms with Crippen molar-refractivity contribution >= 4 is 0 Å². The van der Waals surface area contributed by atoms with E-state index < -0.39 is 0 Å². The van der Waals surface area contributed by atoms with E-state index in [4.69, 9.17) is 0 Å². The molecule has 1 heteroatoms. The Kier molecular flexibility index (Phi) is 3.84. The van der Waals surface area contributed by atoms with Crippen LogP contribution in [0.1, 0.15) is 78.1 Å². The zero-order chi connectivity index (χ0) is 14.4. The molecule has 4 rings (SSSR count). The van der Waals surface area contributed by atoms with Gasteiger partial charge in [0.15, 0.2) is 0 Å². The summed E-state index contributed by atoms with van der Waals surface area (Å²) in [6, 6.07) is 0.892. The van der Waals surface area contributed by atoms with E-state index in [-0.39, 0.29) is 0 Å². The SMILES string of the molecule is CC1(C)CCC(CNC2CC2)C(CC2CC3CCC2C3)C1. The third-order valence-electron chi connectivity index (χ3n) is 7.41. The molecule has 0 radical (unpaired) electrons. The average Bonchev–Trinajstić information content (AvgIpc) is 3.03. The molecule has 1 N–H and O–H groups in total. The van der Waals surface area contributed by atoms with Crippen LogP contribution in [0.5, 0.6) is 0 Å². The van der Waals surface area contributed by atoms with E-state index in [9.17, 15) is 0 Å². The predicted octanol–water partition coefficient (Wildman–Crippen LogP) is 5.01. The van der Waals surface area contributed by atoms with Crippen molar-refractivity contribution in [3.8, 4) is 0 Å². The van der Waals surface area contributed by atoms with Gasteiger partial charge < -0.3 is 5.32 Å². The Balaban J connectivity index is 1.37. The minimum absolute atomic E-state index is 0.609. The fourth-order valence-electron chi connectivity index (χ4n) is 5.99. The van der Waals surface area contributed by atoms with Gasteiger partial charge in [-0.15, -0.1) is 0 Å². The quantitative estimate of drug-likeness (QED) is 0.750. The molecule has 2 bridgehead atoms. The summed E-state index contributed by atoms with van der Waals surface area (Å²) in [7, 11) is 0. The summed E-state index contributed by atoms with van der Waals surface area (Å²) in [4.78, 5) is 0. The monoisotopic (exact) mass is 289 g/mol. The van der Waals surface area contributed by atoms with Gasteiger partial charge in [-0.2, -0.15) is 0 Å². The van der Waals surface area contributed by atoms with E-state index in [1.54, 1.807) is 32.1 Å². The van der Waals surface area contributed by atoms with Gasteiger partial charge in [-0.25, -0.2) is 0 Å². The number of rotatable bonds is 5. The van der Waals surface area contributed by atoms with Crippen LogP contribution in [0.25, 0.3) is 0 Å². The third-order valence-corrected chi connectivity index (χ3v) is 7.41. The first-order valence-electron chi connectivity index (χ1n) is 9.82. The van der Waals surface area contributed by atoms with Gasteiger partial charge in [-0.3, -0.25) is 0 Å². The second-order valence-corrected chi connectivity index (χ2v) is 9.78. The van der Waals surface area contributed by atoms with Crippen molar-refractivity contribution in [3.63, 3.8) is 0 Å². The summed E-state index contributed by atoms with van der Waals surface area (Å²) in [5.74, 6) is 5.35. The van der Waals surface area contributed by atoms with Crippen LogP contribution in [0, 0.1) is 35.0 Å². The second kappa shape index (κ2) is 5.55. The van der Waals surface area contributed by atoms with Crippen molar-refractivity contribution in [2.24, 2.45) is 35.0 Å². The highest BCUT2D eigenvalue weighted by molar-refractivity contribution is 4.94. The van der Waals surface area contributed by atoms with Crippen molar-refractivity contribution in [3.05, 3.63) is 0 Å². The van der Waals surface area contributed by atoms with Gasteiger partial charge in [0.2, 0.25) is 0 Å². The molecule has 0 aromatic carbocycles. The molecular formula is C20H35N. The van der Waals surface area contributed by atoms with Crippen molar-refractivity contribution in [2.45, 2.75) is 84.1 Å². The molecule has 0 spiro atoms. The maximum Gasteiger partial charge on any atom is 0.00683 e. The van der Waals surface area contributed by atoms with Crippen molar-refractivity contribution in [1.29, 1.82) is 0 Å². The first-order valence-corrected chi connectivity index (χ1v) is 9.82. The molecule has 120 valence electrons. The Morgan fingerprint density at radius 2 is 1.76 bits per heavy atom. The molecule has 0 heterocycles. The molecule has 0 saturated heterocycles. The van der Waals surface area contributed by atoms with Gasteiger partial charge in [-0.1, -0.05) is 20.3 Å². The minimum atomic E-state index is 0.609. The van der Waals surface area contributed by atoms with Crippen LogP contribution < -0.4 is 5.32 Å². The van der Waals surface area contributed by atoms with Gasteiger partial charge in [0.05, 0.1) is 0 Å².